The Hall–Kier alpha value is -1.14. The molecule has 1 unspecified atom stereocenters. The molecule has 0 aromatic carbocycles. The number of rotatable bonds is 4. The first kappa shape index (κ1) is 11.3. The van der Waals surface area contributed by atoms with Crippen molar-refractivity contribution in [3.05, 3.63) is 22.9 Å². The molecule has 2 N–H and O–H groups in total. The molecule has 0 fully saturated rings. The van der Waals surface area contributed by atoms with Gasteiger partial charge in [-0.15, -0.1) is 0 Å². The molecule has 0 saturated heterocycles. The van der Waals surface area contributed by atoms with Crippen LogP contribution in [0.3, 0.4) is 0 Å². The third kappa shape index (κ3) is 2.70. The van der Waals surface area contributed by atoms with E-state index in [1.807, 2.05) is 12.1 Å². The summed E-state index contributed by atoms with van der Waals surface area (Å²) in [5.74, 6) is 0.701. The Kier molecular flexibility index (Phi) is 3.74. The normalized spacial score (nSPS) is 19.1. The van der Waals surface area contributed by atoms with E-state index in [1.165, 1.54) is 0 Å². The fraction of sp³-hybridized carbons (Fsp3) is 0.400. The van der Waals surface area contributed by atoms with Crippen LogP contribution in [0.2, 0.25) is 0 Å². The van der Waals surface area contributed by atoms with Gasteiger partial charge in [0, 0.05) is 19.2 Å². The van der Waals surface area contributed by atoms with Crippen LogP contribution < -0.4 is 10.5 Å². The van der Waals surface area contributed by atoms with Crippen molar-refractivity contribution in [2.45, 2.75) is 12.5 Å². The monoisotopic (exact) mass is 285 g/mol. The van der Waals surface area contributed by atoms with Gasteiger partial charge >= 0.3 is 0 Å². The molecular formula is C10H12BrN3O2. The first-order valence-electron chi connectivity index (χ1n) is 4.94. The van der Waals surface area contributed by atoms with Gasteiger partial charge in [0.15, 0.2) is 11.9 Å². The molecule has 6 heteroatoms. The Bertz CT molecular complexity index is 397. The van der Waals surface area contributed by atoms with Gasteiger partial charge < -0.3 is 15.3 Å². The molecule has 0 bridgehead atoms. The summed E-state index contributed by atoms with van der Waals surface area (Å²) in [5.41, 5.74) is 6.33. The van der Waals surface area contributed by atoms with E-state index in [4.69, 9.17) is 15.3 Å². The fourth-order valence-electron chi connectivity index (χ4n) is 1.36. The van der Waals surface area contributed by atoms with E-state index in [2.05, 4.69) is 26.1 Å². The summed E-state index contributed by atoms with van der Waals surface area (Å²) in [6.45, 7) is 0.879. The molecule has 5 nitrogen and oxygen atoms in total. The van der Waals surface area contributed by atoms with E-state index in [0.29, 0.717) is 23.5 Å². The Morgan fingerprint density at radius 3 is 3.19 bits per heavy atom. The molecule has 1 aliphatic rings. The molecule has 0 spiro atoms. The SMILES string of the molecule is NCC1=NOC(COc2cccnc2Br)C1. The number of hydrogen-bond acceptors (Lipinski definition) is 5. The Morgan fingerprint density at radius 1 is 1.62 bits per heavy atom. The maximum Gasteiger partial charge on any atom is 0.166 e. The number of halogens is 1. The minimum absolute atomic E-state index is 0.0503. The molecule has 86 valence electrons. The maximum atomic E-state index is 5.57. The van der Waals surface area contributed by atoms with Crippen molar-refractivity contribution in [1.29, 1.82) is 0 Å². The molecule has 0 saturated carbocycles. The van der Waals surface area contributed by atoms with Gasteiger partial charge in [-0.2, -0.15) is 0 Å². The highest BCUT2D eigenvalue weighted by atomic mass is 79.9. The highest BCUT2D eigenvalue weighted by Gasteiger charge is 2.20. The summed E-state index contributed by atoms with van der Waals surface area (Å²) in [6, 6.07) is 3.66. The van der Waals surface area contributed by atoms with Gasteiger partial charge in [0.05, 0.1) is 5.71 Å². The van der Waals surface area contributed by atoms with Gasteiger partial charge in [0.25, 0.3) is 0 Å². The average molecular weight is 286 g/mol. The Morgan fingerprint density at radius 2 is 2.50 bits per heavy atom. The molecular weight excluding hydrogens is 274 g/mol. The second-order valence-corrected chi connectivity index (χ2v) is 4.15. The minimum atomic E-state index is -0.0503. The zero-order valence-corrected chi connectivity index (χ0v) is 10.2. The van der Waals surface area contributed by atoms with Crippen molar-refractivity contribution in [1.82, 2.24) is 4.98 Å². The van der Waals surface area contributed by atoms with Gasteiger partial charge in [0.1, 0.15) is 11.2 Å². The molecule has 16 heavy (non-hydrogen) atoms. The van der Waals surface area contributed by atoms with Gasteiger partial charge in [-0.3, -0.25) is 0 Å². The molecule has 0 aliphatic carbocycles. The van der Waals surface area contributed by atoms with Crippen LogP contribution in [-0.2, 0) is 4.84 Å². The summed E-state index contributed by atoms with van der Waals surface area (Å²) < 4.78 is 6.25. The average Bonchev–Trinajstić information content (AvgIpc) is 2.76. The molecule has 1 aliphatic heterocycles. The van der Waals surface area contributed by atoms with Crippen molar-refractivity contribution in [2.24, 2.45) is 10.9 Å². The molecule has 2 heterocycles. The van der Waals surface area contributed by atoms with Crippen LogP contribution in [0.1, 0.15) is 6.42 Å². The largest absolute Gasteiger partial charge is 0.487 e. The van der Waals surface area contributed by atoms with Crippen LogP contribution >= 0.6 is 15.9 Å². The zero-order chi connectivity index (χ0) is 11.4. The highest BCUT2D eigenvalue weighted by Crippen LogP contribution is 2.22. The lowest BCUT2D eigenvalue weighted by Gasteiger charge is -2.10. The second-order valence-electron chi connectivity index (χ2n) is 3.40. The lowest BCUT2D eigenvalue weighted by molar-refractivity contribution is 0.0467. The van der Waals surface area contributed by atoms with E-state index < -0.39 is 0 Å². The number of nitrogens with zero attached hydrogens (tertiary/aromatic N) is 2. The van der Waals surface area contributed by atoms with Crippen molar-refractivity contribution in [3.8, 4) is 5.75 Å². The first-order chi connectivity index (χ1) is 7.79. The van der Waals surface area contributed by atoms with E-state index in [-0.39, 0.29) is 6.10 Å². The van der Waals surface area contributed by atoms with Crippen molar-refractivity contribution < 1.29 is 9.57 Å². The van der Waals surface area contributed by atoms with Gasteiger partial charge in [-0.05, 0) is 28.1 Å². The number of ether oxygens (including phenoxy) is 1. The van der Waals surface area contributed by atoms with Gasteiger partial charge in [-0.25, -0.2) is 4.98 Å². The topological polar surface area (TPSA) is 69.7 Å². The predicted molar refractivity (Wildman–Crippen MR) is 63.4 cm³/mol. The minimum Gasteiger partial charge on any atom is -0.487 e. The summed E-state index contributed by atoms with van der Waals surface area (Å²) in [5, 5.41) is 3.85. The van der Waals surface area contributed by atoms with Crippen LogP contribution in [0.4, 0.5) is 0 Å². The van der Waals surface area contributed by atoms with Crippen LogP contribution in [0, 0.1) is 0 Å². The number of pyridine rings is 1. The maximum absolute atomic E-state index is 5.57. The summed E-state index contributed by atoms with van der Waals surface area (Å²) in [7, 11) is 0. The Labute approximate surface area is 102 Å². The number of nitrogens with two attached hydrogens (primary N) is 1. The molecule has 2 rings (SSSR count). The highest BCUT2D eigenvalue weighted by molar-refractivity contribution is 9.10. The van der Waals surface area contributed by atoms with Gasteiger partial charge in [-0.1, -0.05) is 5.16 Å². The van der Waals surface area contributed by atoms with E-state index in [1.54, 1.807) is 6.20 Å². The summed E-state index contributed by atoms with van der Waals surface area (Å²) >= 11 is 3.31. The lowest BCUT2D eigenvalue weighted by atomic mass is 10.2. The summed E-state index contributed by atoms with van der Waals surface area (Å²) in [4.78, 5) is 9.22. The smallest absolute Gasteiger partial charge is 0.166 e. The number of aromatic nitrogens is 1. The summed E-state index contributed by atoms with van der Waals surface area (Å²) in [6.07, 6.45) is 2.37. The van der Waals surface area contributed by atoms with Crippen LogP contribution in [0.25, 0.3) is 0 Å². The standard InChI is InChI=1S/C10H12BrN3O2/c11-10-9(2-1-3-13-10)15-6-8-4-7(5-12)14-16-8/h1-3,8H,4-6,12H2. The Balaban J connectivity index is 1.83. The molecule has 0 amide bonds. The fourth-order valence-corrected chi connectivity index (χ4v) is 1.72. The van der Waals surface area contributed by atoms with Crippen LogP contribution in [0.5, 0.6) is 5.75 Å². The lowest BCUT2D eigenvalue weighted by Crippen LogP contribution is -2.20. The van der Waals surface area contributed by atoms with Crippen molar-refractivity contribution >= 4 is 21.6 Å². The number of hydrogen-bond donors (Lipinski definition) is 1. The van der Waals surface area contributed by atoms with E-state index in [0.717, 1.165) is 12.1 Å². The van der Waals surface area contributed by atoms with E-state index in [9.17, 15) is 0 Å². The molecule has 0 radical (unpaired) electrons. The quantitative estimate of drug-likeness (QED) is 0.848. The zero-order valence-electron chi connectivity index (χ0n) is 8.60. The third-order valence-electron chi connectivity index (χ3n) is 2.18. The van der Waals surface area contributed by atoms with E-state index >= 15 is 0 Å². The molecule has 1 aromatic rings. The third-order valence-corrected chi connectivity index (χ3v) is 2.77. The van der Waals surface area contributed by atoms with Crippen molar-refractivity contribution in [3.63, 3.8) is 0 Å². The predicted octanol–water partition coefficient (Wildman–Crippen LogP) is 1.33. The van der Waals surface area contributed by atoms with Crippen molar-refractivity contribution in [2.75, 3.05) is 13.2 Å². The molecule has 1 atom stereocenters. The first-order valence-corrected chi connectivity index (χ1v) is 5.74. The molecule has 1 aromatic heterocycles. The second kappa shape index (κ2) is 5.27. The van der Waals surface area contributed by atoms with Gasteiger partial charge in [0.2, 0.25) is 0 Å². The number of oxime groups is 1. The van der Waals surface area contributed by atoms with Crippen LogP contribution in [0.15, 0.2) is 28.1 Å². The van der Waals surface area contributed by atoms with Crippen LogP contribution in [-0.4, -0.2) is 30.0 Å².